The Morgan fingerprint density at radius 3 is 1.96 bits per heavy atom. The third kappa shape index (κ3) is 4.11. The van der Waals surface area contributed by atoms with Crippen LogP contribution in [0.15, 0.2) is 72.9 Å². The maximum atomic E-state index is 6.04. The van der Waals surface area contributed by atoms with Gasteiger partial charge in [0.05, 0.1) is 11.1 Å². The first-order chi connectivity index (χ1) is 11.2. The van der Waals surface area contributed by atoms with Crippen molar-refractivity contribution in [3.05, 3.63) is 99.8 Å². The number of pyridine rings is 1. The summed E-state index contributed by atoms with van der Waals surface area (Å²) in [6, 6.07) is 22.7. The number of benzene rings is 2. The number of nitrogens with zero attached hydrogens (tertiary/aromatic N) is 1. The molecule has 0 radical (unpaired) electrons. The molecule has 0 fully saturated rings. The molecule has 2 aromatic carbocycles. The zero-order valence-corrected chi connectivity index (χ0v) is 13.9. The Morgan fingerprint density at radius 2 is 1.43 bits per heavy atom. The van der Waals surface area contributed by atoms with Crippen LogP contribution in [-0.2, 0) is 6.54 Å². The molecule has 4 heteroatoms. The van der Waals surface area contributed by atoms with Crippen molar-refractivity contribution in [2.24, 2.45) is 0 Å². The van der Waals surface area contributed by atoms with E-state index in [2.05, 4.69) is 34.6 Å². The first-order valence-electron chi connectivity index (χ1n) is 7.37. The summed E-state index contributed by atoms with van der Waals surface area (Å²) in [5.41, 5.74) is 3.43. The Labute approximate surface area is 146 Å². The molecule has 0 bridgehead atoms. The van der Waals surface area contributed by atoms with Crippen LogP contribution in [0.2, 0.25) is 10.2 Å². The lowest BCUT2D eigenvalue weighted by atomic mass is 9.98. The molecule has 0 saturated heterocycles. The van der Waals surface area contributed by atoms with Gasteiger partial charge in [0.15, 0.2) is 0 Å². The first kappa shape index (κ1) is 16.0. The van der Waals surface area contributed by atoms with E-state index >= 15 is 0 Å². The van der Waals surface area contributed by atoms with E-state index in [1.165, 1.54) is 11.1 Å². The molecule has 116 valence electrons. The maximum absolute atomic E-state index is 6.04. The monoisotopic (exact) mass is 342 g/mol. The van der Waals surface area contributed by atoms with Gasteiger partial charge in [0.1, 0.15) is 5.15 Å². The molecular formula is C19H16Cl2N2. The second kappa shape index (κ2) is 7.60. The molecule has 0 aliphatic rings. The lowest BCUT2D eigenvalue weighted by Crippen LogP contribution is -2.22. The predicted octanol–water partition coefficient (Wildman–Crippen LogP) is 5.27. The van der Waals surface area contributed by atoms with Crippen LogP contribution < -0.4 is 5.32 Å². The van der Waals surface area contributed by atoms with Crippen molar-refractivity contribution in [2.45, 2.75) is 12.6 Å². The third-order valence-electron chi connectivity index (χ3n) is 3.63. The lowest BCUT2D eigenvalue weighted by Gasteiger charge is -2.20. The van der Waals surface area contributed by atoms with E-state index in [9.17, 15) is 0 Å². The second-order valence-corrected chi connectivity index (χ2v) is 6.02. The van der Waals surface area contributed by atoms with Gasteiger partial charge in [0.2, 0.25) is 0 Å². The normalized spacial score (nSPS) is 10.9. The zero-order valence-electron chi connectivity index (χ0n) is 12.4. The van der Waals surface area contributed by atoms with Crippen LogP contribution >= 0.6 is 23.2 Å². The lowest BCUT2D eigenvalue weighted by molar-refractivity contribution is 0.604. The minimum atomic E-state index is 0.104. The molecule has 1 aromatic heterocycles. The van der Waals surface area contributed by atoms with Gasteiger partial charge in [0, 0.05) is 12.7 Å². The number of aromatic nitrogens is 1. The van der Waals surface area contributed by atoms with Crippen LogP contribution in [0.4, 0.5) is 0 Å². The number of hydrogen-bond acceptors (Lipinski definition) is 2. The SMILES string of the molecule is Clc1cc(CNC(c2ccccc2)c2ccccc2)cnc1Cl. The van der Waals surface area contributed by atoms with E-state index in [1.54, 1.807) is 6.20 Å². The van der Waals surface area contributed by atoms with Gasteiger partial charge >= 0.3 is 0 Å². The molecule has 0 amide bonds. The molecule has 1 N–H and O–H groups in total. The molecule has 0 aliphatic heterocycles. The van der Waals surface area contributed by atoms with E-state index in [4.69, 9.17) is 23.2 Å². The summed E-state index contributed by atoms with van der Waals surface area (Å²) in [5.74, 6) is 0. The van der Waals surface area contributed by atoms with Crippen molar-refractivity contribution in [1.82, 2.24) is 10.3 Å². The fourth-order valence-corrected chi connectivity index (χ4v) is 2.79. The van der Waals surface area contributed by atoms with E-state index in [-0.39, 0.29) is 6.04 Å². The summed E-state index contributed by atoms with van der Waals surface area (Å²) < 4.78 is 0. The van der Waals surface area contributed by atoms with Crippen LogP contribution in [-0.4, -0.2) is 4.98 Å². The summed E-state index contributed by atoms with van der Waals surface area (Å²) in [4.78, 5) is 4.10. The number of nitrogens with one attached hydrogen (secondary N) is 1. The topological polar surface area (TPSA) is 24.9 Å². The summed E-state index contributed by atoms with van der Waals surface area (Å²) in [6.45, 7) is 0.651. The smallest absolute Gasteiger partial charge is 0.147 e. The van der Waals surface area contributed by atoms with Crippen LogP contribution in [0.5, 0.6) is 0 Å². The predicted molar refractivity (Wildman–Crippen MR) is 95.8 cm³/mol. The molecule has 3 aromatic rings. The largest absolute Gasteiger partial charge is 0.302 e. The van der Waals surface area contributed by atoms with Crippen LogP contribution in [0.3, 0.4) is 0 Å². The molecule has 0 aliphatic carbocycles. The van der Waals surface area contributed by atoms with Gasteiger partial charge in [-0.25, -0.2) is 4.98 Å². The van der Waals surface area contributed by atoms with Crippen molar-refractivity contribution in [3.8, 4) is 0 Å². The zero-order chi connectivity index (χ0) is 16.1. The molecule has 0 unspecified atom stereocenters. The Hall–Kier alpha value is -1.87. The standard InChI is InChI=1S/C19H16Cl2N2/c20-17-11-14(13-23-19(17)21)12-22-18(15-7-3-1-4-8-15)16-9-5-2-6-10-16/h1-11,13,18,22H,12H2. The van der Waals surface area contributed by atoms with Crippen molar-refractivity contribution in [2.75, 3.05) is 0 Å². The van der Waals surface area contributed by atoms with Gasteiger partial charge in [-0.2, -0.15) is 0 Å². The van der Waals surface area contributed by atoms with Crippen molar-refractivity contribution >= 4 is 23.2 Å². The van der Waals surface area contributed by atoms with Crippen LogP contribution in [0.25, 0.3) is 0 Å². The van der Waals surface area contributed by atoms with Gasteiger partial charge in [-0.1, -0.05) is 83.9 Å². The van der Waals surface area contributed by atoms with Gasteiger partial charge in [-0.15, -0.1) is 0 Å². The second-order valence-electron chi connectivity index (χ2n) is 5.25. The third-order valence-corrected chi connectivity index (χ3v) is 4.32. The minimum absolute atomic E-state index is 0.104. The molecule has 1 heterocycles. The van der Waals surface area contributed by atoms with Gasteiger partial charge < -0.3 is 5.32 Å². The van der Waals surface area contributed by atoms with Crippen LogP contribution in [0.1, 0.15) is 22.7 Å². The Morgan fingerprint density at radius 1 is 0.870 bits per heavy atom. The maximum Gasteiger partial charge on any atom is 0.147 e. The molecule has 23 heavy (non-hydrogen) atoms. The number of rotatable bonds is 5. The van der Waals surface area contributed by atoms with Gasteiger partial charge in [-0.3, -0.25) is 0 Å². The van der Waals surface area contributed by atoms with E-state index in [1.807, 2.05) is 42.5 Å². The summed E-state index contributed by atoms with van der Waals surface area (Å²) in [6.07, 6.45) is 1.74. The highest BCUT2D eigenvalue weighted by Crippen LogP contribution is 2.23. The fourth-order valence-electron chi connectivity index (χ4n) is 2.50. The Kier molecular flexibility index (Phi) is 5.29. The molecular weight excluding hydrogens is 327 g/mol. The van der Waals surface area contributed by atoms with E-state index < -0.39 is 0 Å². The van der Waals surface area contributed by atoms with Crippen molar-refractivity contribution < 1.29 is 0 Å². The minimum Gasteiger partial charge on any atom is -0.302 e. The Bertz CT molecular complexity index is 721. The number of halogens is 2. The summed E-state index contributed by atoms with van der Waals surface area (Å²) in [7, 11) is 0. The fraction of sp³-hybridized carbons (Fsp3) is 0.105. The molecule has 0 saturated carbocycles. The van der Waals surface area contributed by atoms with Gasteiger partial charge in [0.25, 0.3) is 0 Å². The molecule has 0 atom stereocenters. The first-order valence-corrected chi connectivity index (χ1v) is 8.13. The average Bonchev–Trinajstić information content (AvgIpc) is 2.60. The molecule has 3 rings (SSSR count). The van der Waals surface area contributed by atoms with Crippen molar-refractivity contribution in [1.29, 1.82) is 0 Å². The highest BCUT2D eigenvalue weighted by atomic mass is 35.5. The number of hydrogen-bond donors (Lipinski definition) is 1. The van der Waals surface area contributed by atoms with Crippen LogP contribution in [0, 0.1) is 0 Å². The van der Waals surface area contributed by atoms with Gasteiger partial charge in [-0.05, 0) is 22.8 Å². The van der Waals surface area contributed by atoms with E-state index in [0.717, 1.165) is 5.56 Å². The van der Waals surface area contributed by atoms with Crippen molar-refractivity contribution in [3.63, 3.8) is 0 Å². The molecule has 0 spiro atoms. The highest BCUT2D eigenvalue weighted by Gasteiger charge is 2.13. The Balaban J connectivity index is 1.83. The summed E-state index contributed by atoms with van der Waals surface area (Å²) in [5, 5.41) is 4.38. The highest BCUT2D eigenvalue weighted by molar-refractivity contribution is 6.41. The quantitative estimate of drug-likeness (QED) is 0.639. The molecule has 2 nitrogen and oxygen atoms in total. The van der Waals surface area contributed by atoms with E-state index in [0.29, 0.717) is 16.7 Å². The average molecular weight is 343 g/mol. The summed E-state index contributed by atoms with van der Waals surface area (Å²) >= 11 is 11.9.